The Hall–Kier alpha value is -3.95. The molecule has 4 rings (SSSR count). The fourth-order valence-corrected chi connectivity index (χ4v) is 6.36. The molecule has 2 aromatic rings. The van der Waals surface area contributed by atoms with Gasteiger partial charge in [0.1, 0.15) is 11.8 Å². The molecule has 0 amide bonds. The number of nitrogens with zero attached hydrogens (tertiary/aromatic N) is 1. The molecule has 0 N–H and O–H groups in total. The van der Waals surface area contributed by atoms with Crippen LogP contribution in [0.4, 0.5) is 5.69 Å². The van der Waals surface area contributed by atoms with E-state index in [9.17, 15) is 55.7 Å². The molecule has 2 aliphatic rings. The normalized spacial score (nSPS) is 16.7. The second kappa shape index (κ2) is 13.4. The van der Waals surface area contributed by atoms with Crippen LogP contribution in [0.1, 0.15) is 59.2 Å². The van der Waals surface area contributed by atoms with Gasteiger partial charge in [0.05, 0.1) is 25.3 Å². The van der Waals surface area contributed by atoms with Gasteiger partial charge in [-0.05, 0) is 43.2 Å². The van der Waals surface area contributed by atoms with Gasteiger partial charge in [0.15, 0.2) is 54.4 Å². The van der Waals surface area contributed by atoms with Crippen LogP contribution in [-0.2, 0) is 38.9 Å². The van der Waals surface area contributed by atoms with Gasteiger partial charge in [-0.15, -0.1) is 0 Å². The standard InChI is InChI=1S/C14H13ClO5S.C14H13NO7S/c1-21(19,20)8-5-6-9(10(15)7-8)14(18)13-11(16)3-2-4-12(13)17;1-23(21,22)8-5-6-9(10(7-8)15(19)20)14(18)13-11(16)3-2-4-12(13)17/h5-7,13H,2-4H2,1H3;5-7,13H,2-4H2,1H3. The fraction of sp³-hybridized carbons (Fsp3) is 0.357. The second-order valence-electron chi connectivity index (χ2n) is 10.3. The predicted molar refractivity (Wildman–Crippen MR) is 154 cm³/mol. The van der Waals surface area contributed by atoms with Crippen LogP contribution in [0.3, 0.4) is 0 Å². The summed E-state index contributed by atoms with van der Waals surface area (Å²) >= 11 is 5.94. The molecule has 0 aromatic heterocycles. The Kier molecular flexibility index (Phi) is 10.5. The van der Waals surface area contributed by atoms with Crippen molar-refractivity contribution in [3.8, 4) is 0 Å². The number of hydrogen-bond donors (Lipinski definition) is 0. The van der Waals surface area contributed by atoms with Gasteiger partial charge in [-0.1, -0.05) is 11.6 Å². The molecule has 2 aromatic carbocycles. The molecule has 0 aliphatic heterocycles. The number of halogens is 1. The van der Waals surface area contributed by atoms with Crippen molar-refractivity contribution in [1.29, 1.82) is 0 Å². The molecule has 2 saturated carbocycles. The number of nitro groups is 1. The van der Waals surface area contributed by atoms with Crippen LogP contribution in [0.5, 0.6) is 0 Å². The number of ketones is 6. The lowest BCUT2D eigenvalue weighted by Gasteiger charge is -2.18. The molecular weight excluding hydrogens is 642 g/mol. The molecule has 2 fully saturated rings. The minimum Gasteiger partial charge on any atom is -0.298 e. The molecule has 0 radical (unpaired) electrons. The summed E-state index contributed by atoms with van der Waals surface area (Å²) in [6.45, 7) is 0. The van der Waals surface area contributed by atoms with E-state index in [4.69, 9.17) is 11.6 Å². The maximum absolute atomic E-state index is 12.4. The van der Waals surface area contributed by atoms with Crippen molar-refractivity contribution in [2.24, 2.45) is 11.8 Å². The van der Waals surface area contributed by atoms with Crippen LogP contribution in [-0.4, -0.2) is 69.0 Å². The minimum absolute atomic E-state index is 0.00216. The molecule has 13 nitrogen and oxygen atoms in total. The largest absolute Gasteiger partial charge is 0.298 e. The van der Waals surface area contributed by atoms with E-state index < -0.39 is 82.4 Å². The van der Waals surface area contributed by atoms with E-state index in [2.05, 4.69) is 0 Å². The summed E-state index contributed by atoms with van der Waals surface area (Å²) < 4.78 is 45.8. The van der Waals surface area contributed by atoms with Crippen LogP contribution in [0.2, 0.25) is 5.02 Å². The van der Waals surface area contributed by atoms with E-state index in [1.165, 1.54) is 12.1 Å². The van der Waals surface area contributed by atoms with Gasteiger partial charge in [0.2, 0.25) is 0 Å². The highest BCUT2D eigenvalue weighted by atomic mass is 35.5. The minimum atomic E-state index is -3.70. The molecule has 0 spiro atoms. The first-order valence-corrected chi connectivity index (χ1v) is 17.2. The SMILES string of the molecule is CS(=O)(=O)c1ccc(C(=O)C2C(=O)CCCC2=O)c(Cl)c1.CS(=O)(=O)c1ccc(C(=O)C2C(=O)CCCC2=O)c([N+](=O)[O-])c1. The van der Waals surface area contributed by atoms with E-state index in [0.29, 0.717) is 12.8 Å². The zero-order chi connectivity index (χ0) is 33.1. The Morgan fingerprint density at radius 1 is 0.705 bits per heavy atom. The molecule has 0 atom stereocenters. The highest BCUT2D eigenvalue weighted by Gasteiger charge is 2.39. The van der Waals surface area contributed by atoms with E-state index in [-0.39, 0.29) is 46.1 Å². The van der Waals surface area contributed by atoms with E-state index >= 15 is 0 Å². The Bertz CT molecular complexity index is 1800. The topological polar surface area (TPSA) is 214 Å². The Labute approximate surface area is 256 Å². The maximum Gasteiger partial charge on any atom is 0.281 e. The van der Waals surface area contributed by atoms with Crippen LogP contribution in [0, 0.1) is 22.0 Å². The van der Waals surface area contributed by atoms with E-state index in [1.54, 1.807) is 0 Å². The summed E-state index contributed by atoms with van der Waals surface area (Å²) in [5.74, 6) is -6.38. The number of carbonyl (C=O) groups is 6. The van der Waals surface area contributed by atoms with Crippen LogP contribution >= 0.6 is 11.6 Å². The van der Waals surface area contributed by atoms with Gasteiger partial charge in [0.25, 0.3) is 5.69 Å². The summed E-state index contributed by atoms with van der Waals surface area (Å²) in [4.78, 5) is 81.8. The third kappa shape index (κ3) is 7.76. The first-order valence-electron chi connectivity index (χ1n) is 13.0. The second-order valence-corrected chi connectivity index (χ2v) is 14.7. The summed E-state index contributed by atoms with van der Waals surface area (Å²) in [5.41, 5.74) is -1.17. The van der Waals surface area contributed by atoms with Crippen molar-refractivity contribution in [1.82, 2.24) is 0 Å². The smallest absolute Gasteiger partial charge is 0.281 e. The van der Waals surface area contributed by atoms with Gasteiger partial charge in [0, 0.05) is 49.8 Å². The van der Waals surface area contributed by atoms with Crippen LogP contribution < -0.4 is 0 Å². The van der Waals surface area contributed by atoms with Gasteiger partial charge in [-0.25, -0.2) is 16.8 Å². The molecule has 0 heterocycles. The number of rotatable bonds is 7. The Morgan fingerprint density at radius 3 is 1.43 bits per heavy atom. The van der Waals surface area contributed by atoms with Gasteiger partial charge < -0.3 is 0 Å². The molecule has 0 saturated heterocycles. The number of nitro benzene ring substituents is 1. The molecule has 0 unspecified atom stereocenters. The molecule has 44 heavy (non-hydrogen) atoms. The maximum atomic E-state index is 12.4. The van der Waals surface area contributed by atoms with Crippen molar-refractivity contribution >= 4 is 71.7 Å². The molecule has 0 bridgehead atoms. The number of benzene rings is 2. The highest BCUT2D eigenvalue weighted by molar-refractivity contribution is 7.91. The molecule has 2 aliphatic carbocycles. The monoisotopic (exact) mass is 667 g/mol. The lowest BCUT2D eigenvalue weighted by Crippen LogP contribution is -2.35. The lowest BCUT2D eigenvalue weighted by atomic mass is 9.81. The first kappa shape index (κ1) is 34.5. The summed E-state index contributed by atoms with van der Waals surface area (Å²) in [7, 11) is -7.14. The van der Waals surface area contributed by atoms with Gasteiger partial charge in [-0.3, -0.25) is 38.9 Å². The van der Waals surface area contributed by atoms with Crippen molar-refractivity contribution in [3.63, 3.8) is 0 Å². The fourth-order valence-electron chi connectivity index (χ4n) is 4.73. The van der Waals surface area contributed by atoms with Crippen molar-refractivity contribution in [3.05, 3.63) is 62.7 Å². The summed E-state index contributed by atoms with van der Waals surface area (Å²) in [6, 6.07) is 6.43. The Balaban J connectivity index is 0.000000241. The van der Waals surface area contributed by atoms with Crippen LogP contribution in [0.15, 0.2) is 46.2 Å². The van der Waals surface area contributed by atoms with Gasteiger partial charge >= 0.3 is 0 Å². The zero-order valence-corrected chi connectivity index (χ0v) is 25.8. The third-order valence-electron chi connectivity index (χ3n) is 7.00. The number of Topliss-reactive ketones (excluding diaryl/α,β-unsaturated/α-hetero) is 6. The third-order valence-corrected chi connectivity index (χ3v) is 9.53. The molecular formula is C28H26ClNO12S2. The van der Waals surface area contributed by atoms with Gasteiger partial charge in [-0.2, -0.15) is 0 Å². The number of sulfone groups is 2. The first-order chi connectivity index (χ1) is 20.3. The zero-order valence-electron chi connectivity index (χ0n) is 23.4. The average Bonchev–Trinajstić information content (AvgIpc) is 2.91. The number of hydrogen-bond acceptors (Lipinski definition) is 12. The van der Waals surface area contributed by atoms with Crippen LogP contribution in [0.25, 0.3) is 0 Å². The highest BCUT2D eigenvalue weighted by Crippen LogP contribution is 2.29. The summed E-state index contributed by atoms with van der Waals surface area (Å²) in [5, 5.41) is 11.1. The molecule has 234 valence electrons. The van der Waals surface area contributed by atoms with E-state index in [0.717, 1.165) is 36.8 Å². The van der Waals surface area contributed by atoms with Crippen molar-refractivity contribution in [2.75, 3.05) is 12.5 Å². The predicted octanol–water partition coefficient (Wildman–Crippen LogP) is 2.98. The average molecular weight is 668 g/mol. The lowest BCUT2D eigenvalue weighted by molar-refractivity contribution is -0.385. The van der Waals surface area contributed by atoms with E-state index in [1.807, 2.05) is 0 Å². The Morgan fingerprint density at radius 2 is 1.07 bits per heavy atom. The molecule has 16 heteroatoms. The quantitative estimate of drug-likeness (QED) is 0.180. The summed E-state index contributed by atoms with van der Waals surface area (Å²) in [6.07, 6.45) is 3.24. The number of carbonyl (C=O) groups excluding carboxylic acids is 6. The van der Waals surface area contributed by atoms with Crippen molar-refractivity contribution < 1.29 is 50.5 Å². The van der Waals surface area contributed by atoms with Crippen molar-refractivity contribution in [2.45, 2.75) is 48.3 Å².